The number of para-hydroxylation sites is 2. The molecule has 6 nitrogen and oxygen atoms in total. The number of rotatable bonds is 6. The van der Waals surface area contributed by atoms with Gasteiger partial charge in [0, 0.05) is 19.6 Å². The highest BCUT2D eigenvalue weighted by Gasteiger charge is 2.39. The third kappa shape index (κ3) is 5.28. The molecule has 2 aromatic rings. The number of urea groups is 1. The highest BCUT2D eigenvalue weighted by Crippen LogP contribution is 2.31. The zero-order chi connectivity index (χ0) is 20.7. The molecular formula is C23H29N3O3. The van der Waals surface area contributed by atoms with Crippen molar-refractivity contribution in [3.63, 3.8) is 0 Å². The first-order chi connectivity index (χ1) is 14.0. The Balaban J connectivity index is 1.61. The molecule has 2 aromatic carbocycles. The number of hydrogen-bond donors (Lipinski definition) is 2. The van der Waals surface area contributed by atoms with Gasteiger partial charge in [0.2, 0.25) is 5.91 Å². The van der Waals surface area contributed by atoms with Gasteiger partial charge in [-0.25, -0.2) is 4.79 Å². The van der Waals surface area contributed by atoms with E-state index in [0.717, 1.165) is 18.4 Å². The lowest BCUT2D eigenvalue weighted by molar-refractivity contribution is -0.132. The summed E-state index contributed by atoms with van der Waals surface area (Å²) >= 11 is 0. The average molecular weight is 396 g/mol. The topological polar surface area (TPSA) is 70.7 Å². The van der Waals surface area contributed by atoms with Gasteiger partial charge >= 0.3 is 6.03 Å². The molecule has 1 saturated heterocycles. The Morgan fingerprint density at radius 2 is 1.83 bits per heavy atom. The fourth-order valence-corrected chi connectivity index (χ4v) is 3.64. The third-order valence-corrected chi connectivity index (χ3v) is 5.26. The van der Waals surface area contributed by atoms with Gasteiger partial charge in [0.25, 0.3) is 0 Å². The van der Waals surface area contributed by atoms with Crippen LogP contribution in [0.15, 0.2) is 54.6 Å². The van der Waals surface area contributed by atoms with Crippen molar-refractivity contribution in [1.82, 2.24) is 10.2 Å². The molecule has 1 fully saturated rings. The summed E-state index contributed by atoms with van der Waals surface area (Å²) in [6.45, 7) is 5.86. The maximum Gasteiger partial charge on any atom is 0.321 e. The number of carbonyl (C=O) groups excluding carboxylic acids is 2. The van der Waals surface area contributed by atoms with E-state index in [4.69, 9.17) is 4.74 Å². The molecule has 0 saturated carbocycles. The van der Waals surface area contributed by atoms with Gasteiger partial charge in [-0.2, -0.15) is 0 Å². The SMILES string of the molecule is CCOc1ccccc1NC(=O)N1CCC[C@@](C)(C(=O)NCc2ccccc2)C1. The van der Waals surface area contributed by atoms with Crippen LogP contribution in [-0.4, -0.2) is 36.5 Å². The maximum atomic E-state index is 12.9. The number of anilines is 1. The molecule has 154 valence electrons. The number of nitrogens with zero attached hydrogens (tertiary/aromatic N) is 1. The summed E-state index contributed by atoms with van der Waals surface area (Å²) in [5.74, 6) is 0.622. The van der Waals surface area contributed by atoms with Gasteiger partial charge in [-0.15, -0.1) is 0 Å². The Labute approximate surface area is 172 Å². The number of piperidine rings is 1. The molecule has 0 aliphatic carbocycles. The van der Waals surface area contributed by atoms with E-state index >= 15 is 0 Å². The Hall–Kier alpha value is -3.02. The Kier molecular flexibility index (Phi) is 6.75. The molecule has 2 N–H and O–H groups in total. The lowest BCUT2D eigenvalue weighted by Crippen LogP contribution is -2.52. The van der Waals surface area contributed by atoms with Crippen molar-refractivity contribution in [2.45, 2.75) is 33.2 Å². The minimum Gasteiger partial charge on any atom is -0.492 e. The number of likely N-dealkylation sites (tertiary alicyclic amines) is 1. The summed E-state index contributed by atoms with van der Waals surface area (Å²) in [5, 5.41) is 5.96. The number of benzene rings is 2. The number of amides is 3. The van der Waals surface area contributed by atoms with E-state index in [1.54, 1.807) is 4.90 Å². The number of ether oxygens (including phenoxy) is 1. The van der Waals surface area contributed by atoms with Gasteiger partial charge in [-0.05, 0) is 44.4 Å². The summed E-state index contributed by atoms with van der Waals surface area (Å²) in [7, 11) is 0. The minimum atomic E-state index is -0.607. The summed E-state index contributed by atoms with van der Waals surface area (Å²) < 4.78 is 5.58. The molecule has 0 aromatic heterocycles. The van der Waals surface area contributed by atoms with Crippen molar-refractivity contribution in [3.05, 3.63) is 60.2 Å². The molecule has 0 spiro atoms. The molecule has 1 heterocycles. The molecular weight excluding hydrogens is 366 g/mol. The maximum absolute atomic E-state index is 12.9. The lowest BCUT2D eigenvalue weighted by atomic mass is 9.81. The minimum absolute atomic E-state index is 0.0198. The predicted molar refractivity (Wildman–Crippen MR) is 114 cm³/mol. The van der Waals surface area contributed by atoms with E-state index < -0.39 is 5.41 Å². The van der Waals surface area contributed by atoms with Crippen molar-refractivity contribution < 1.29 is 14.3 Å². The van der Waals surface area contributed by atoms with Crippen LogP contribution in [0.5, 0.6) is 5.75 Å². The van der Waals surface area contributed by atoms with Gasteiger partial charge in [-0.1, -0.05) is 42.5 Å². The summed E-state index contributed by atoms with van der Waals surface area (Å²) in [6, 6.07) is 17.0. The Morgan fingerprint density at radius 1 is 1.10 bits per heavy atom. The van der Waals surface area contributed by atoms with Crippen LogP contribution in [0.25, 0.3) is 0 Å². The molecule has 29 heavy (non-hydrogen) atoms. The van der Waals surface area contributed by atoms with Crippen LogP contribution in [0.1, 0.15) is 32.3 Å². The first kappa shape index (κ1) is 20.7. The van der Waals surface area contributed by atoms with Crippen LogP contribution in [0.3, 0.4) is 0 Å². The molecule has 0 bridgehead atoms. The van der Waals surface area contributed by atoms with Crippen LogP contribution in [0.2, 0.25) is 0 Å². The molecule has 1 aliphatic rings. The van der Waals surface area contributed by atoms with Crippen LogP contribution < -0.4 is 15.4 Å². The first-order valence-corrected chi connectivity index (χ1v) is 10.1. The first-order valence-electron chi connectivity index (χ1n) is 10.1. The van der Waals surface area contributed by atoms with Crippen LogP contribution in [0.4, 0.5) is 10.5 Å². The Morgan fingerprint density at radius 3 is 2.59 bits per heavy atom. The van der Waals surface area contributed by atoms with Gasteiger partial charge in [-0.3, -0.25) is 4.79 Å². The highest BCUT2D eigenvalue weighted by atomic mass is 16.5. The number of carbonyl (C=O) groups is 2. The second-order valence-electron chi connectivity index (χ2n) is 7.61. The van der Waals surface area contributed by atoms with E-state index in [0.29, 0.717) is 37.7 Å². The molecule has 0 unspecified atom stereocenters. The summed E-state index contributed by atoms with van der Waals surface area (Å²) in [6.07, 6.45) is 1.54. The zero-order valence-electron chi connectivity index (χ0n) is 17.1. The third-order valence-electron chi connectivity index (χ3n) is 5.26. The van der Waals surface area contributed by atoms with Gasteiger partial charge in [0.05, 0.1) is 17.7 Å². The second-order valence-corrected chi connectivity index (χ2v) is 7.61. The summed E-state index contributed by atoms with van der Waals surface area (Å²) in [5.41, 5.74) is 1.09. The standard InChI is InChI=1S/C23H29N3O3/c1-3-29-20-13-8-7-12-19(20)25-22(28)26-15-9-14-23(2,17-26)21(27)24-16-18-10-5-4-6-11-18/h4-8,10-13H,3,9,14-17H2,1-2H3,(H,24,27)(H,25,28)/t23-/m1/s1. The molecule has 3 rings (SSSR count). The largest absolute Gasteiger partial charge is 0.492 e. The van der Waals surface area contributed by atoms with Crippen molar-refractivity contribution in [3.8, 4) is 5.75 Å². The highest BCUT2D eigenvalue weighted by molar-refractivity contribution is 5.92. The van der Waals surface area contributed by atoms with E-state index in [1.807, 2.05) is 68.4 Å². The lowest BCUT2D eigenvalue weighted by Gasteiger charge is -2.39. The average Bonchev–Trinajstić information content (AvgIpc) is 2.74. The van der Waals surface area contributed by atoms with Gasteiger partial charge < -0.3 is 20.3 Å². The molecule has 6 heteroatoms. The van der Waals surface area contributed by atoms with Crippen molar-refractivity contribution in [2.24, 2.45) is 5.41 Å². The Bertz CT molecular complexity index is 840. The van der Waals surface area contributed by atoms with Crippen molar-refractivity contribution >= 4 is 17.6 Å². The zero-order valence-corrected chi connectivity index (χ0v) is 17.1. The predicted octanol–water partition coefficient (Wildman–Crippen LogP) is 4.04. The molecule has 0 radical (unpaired) electrons. The van der Waals surface area contributed by atoms with Crippen molar-refractivity contribution in [2.75, 3.05) is 25.0 Å². The van der Waals surface area contributed by atoms with E-state index in [1.165, 1.54) is 0 Å². The normalized spacial score (nSPS) is 18.8. The van der Waals surface area contributed by atoms with Crippen LogP contribution in [0, 0.1) is 5.41 Å². The van der Waals surface area contributed by atoms with Gasteiger partial charge in [0.15, 0.2) is 0 Å². The number of hydrogen-bond acceptors (Lipinski definition) is 3. The molecule has 1 aliphatic heterocycles. The summed E-state index contributed by atoms with van der Waals surface area (Å²) in [4.78, 5) is 27.4. The fraction of sp³-hybridized carbons (Fsp3) is 0.391. The molecule has 1 atom stereocenters. The van der Waals surface area contributed by atoms with Crippen LogP contribution >= 0.6 is 0 Å². The van der Waals surface area contributed by atoms with E-state index in [2.05, 4.69) is 10.6 Å². The number of nitrogens with one attached hydrogen (secondary N) is 2. The quantitative estimate of drug-likeness (QED) is 0.776. The van der Waals surface area contributed by atoms with E-state index in [9.17, 15) is 9.59 Å². The van der Waals surface area contributed by atoms with Gasteiger partial charge in [0.1, 0.15) is 5.75 Å². The van der Waals surface area contributed by atoms with Crippen molar-refractivity contribution in [1.29, 1.82) is 0 Å². The molecule has 3 amide bonds. The second kappa shape index (κ2) is 9.45. The van der Waals surface area contributed by atoms with Crippen LogP contribution in [-0.2, 0) is 11.3 Å². The smallest absolute Gasteiger partial charge is 0.321 e. The van der Waals surface area contributed by atoms with E-state index in [-0.39, 0.29) is 11.9 Å². The monoisotopic (exact) mass is 395 g/mol. The fourth-order valence-electron chi connectivity index (χ4n) is 3.64.